The zero-order chi connectivity index (χ0) is 41.1. The van der Waals surface area contributed by atoms with Crippen LogP contribution in [0.1, 0.15) is 119 Å². The summed E-state index contributed by atoms with van der Waals surface area (Å²) in [5.41, 5.74) is -0.861. The third-order valence-electron chi connectivity index (χ3n) is 16.8. The lowest BCUT2D eigenvalue weighted by Gasteiger charge is -2.65. The Morgan fingerprint density at radius 1 is 0.707 bits per heavy atom. The van der Waals surface area contributed by atoms with Crippen molar-refractivity contribution < 1.29 is 67.9 Å². The summed E-state index contributed by atoms with van der Waals surface area (Å²) in [5.74, 6) is -0.440. The molecule has 5 heterocycles. The number of rotatable bonds is 7. The van der Waals surface area contributed by atoms with E-state index in [-0.39, 0.29) is 73.0 Å². The van der Waals surface area contributed by atoms with Crippen LogP contribution in [-0.2, 0) is 47.4 Å². The molecular formula is C44H68O14. The average Bonchev–Trinajstić information content (AvgIpc) is 3.80. The smallest absolute Gasteiger partial charge is 0.331 e. The largest absolute Gasteiger partial charge is 0.458 e. The Labute approximate surface area is 342 Å². The molecule has 21 atom stereocenters. The highest BCUT2D eigenvalue weighted by atomic mass is 16.8. The van der Waals surface area contributed by atoms with Gasteiger partial charge < -0.3 is 63.1 Å². The number of hydrogen-bond donors (Lipinski definition) is 4. The van der Waals surface area contributed by atoms with Gasteiger partial charge in [0, 0.05) is 30.8 Å². The van der Waals surface area contributed by atoms with E-state index in [1.54, 1.807) is 6.08 Å². The first kappa shape index (κ1) is 42.1. The molecule has 14 nitrogen and oxygen atoms in total. The van der Waals surface area contributed by atoms with Crippen LogP contribution >= 0.6 is 0 Å². The second-order valence-corrected chi connectivity index (χ2v) is 20.4. The molecule has 9 rings (SSSR count). The van der Waals surface area contributed by atoms with Crippen LogP contribution in [0.25, 0.3) is 0 Å². The van der Waals surface area contributed by atoms with Crippen LogP contribution in [0.5, 0.6) is 0 Å². The molecule has 5 aliphatic heterocycles. The van der Waals surface area contributed by atoms with E-state index in [1.165, 1.54) is 0 Å². The Balaban J connectivity index is 0.765. The van der Waals surface area contributed by atoms with E-state index < -0.39 is 78.4 Å². The molecule has 0 bridgehead atoms. The molecule has 0 aromatic carbocycles. The number of cyclic esters (lactones) is 1. The predicted molar refractivity (Wildman–Crippen MR) is 204 cm³/mol. The van der Waals surface area contributed by atoms with Gasteiger partial charge in [-0.2, -0.15) is 0 Å². The lowest BCUT2D eigenvalue weighted by molar-refractivity contribution is -0.334. The molecule has 4 N–H and O–H groups in total. The molecule has 21 unspecified atom stereocenters. The molecule has 0 spiro atoms. The molecule has 4 saturated heterocycles. The fourth-order valence-corrected chi connectivity index (χ4v) is 13.7. The number of ether oxygens (including phenoxy) is 9. The van der Waals surface area contributed by atoms with Crippen molar-refractivity contribution in [3.63, 3.8) is 0 Å². The molecule has 4 aliphatic carbocycles. The standard InChI is InChI=1S/C44H68O14/c1-21-38(55-36-18-31(46)39(22(2)52-36)56-37-19-32-40(23(3)53-37)58-41(4,5)57-32)30(45)17-35(51-21)54-26-10-12-42(6)25(15-26)8-9-28-29(42)16-33(47)43(7)27(11-13-44(28,43)49)24-14-34(48)50-20-24/h14,21-23,25-33,35-40,45-47,49H,8-13,15-20H2,1-7H3. The van der Waals surface area contributed by atoms with Crippen LogP contribution in [0.3, 0.4) is 0 Å². The van der Waals surface area contributed by atoms with Gasteiger partial charge in [-0.15, -0.1) is 0 Å². The van der Waals surface area contributed by atoms with Gasteiger partial charge in [0.25, 0.3) is 0 Å². The molecule has 4 saturated carbocycles. The van der Waals surface area contributed by atoms with Gasteiger partial charge in [-0.1, -0.05) is 13.8 Å². The first-order valence-electron chi connectivity index (χ1n) is 22.3. The maximum atomic E-state index is 12.6. The fourth-order valence-electron chi connectivity index (χ4n) is 13.7. The maximum Gasteiger partial charge on any atom is 0.331 e. The van der Waals surface area contributed by atoms with Gasteiger partial charge in [-0.3, -0.25) is 0 Å². The van der Waals surface area contributed by atoms with Crippen molar-refractivity contribution in [1.82, 2.24) is 0 Å². The average molecular weight is 821 g/mol. The molecular weight excluding hydrogens is 752 g/mol. The van der Waals surface area contributed by atoms with Crippen LogP contribution < -0.4 is 0 Å². The summed E-state index contributed by atoms with van der Waals surface area (Å²) in [6, 6.07) is 0. The number of carbonyl (C=O) groups is 1. The van der Waals surface area contributed by atoms with Crippen LogP contribution in [0.15, 0.2) is 11.6 Å². The molecule has 8 fully saturated rings. The predicted octanol–water partition coefficient (Wildman–Crippen LogP) is 4.02. The van der Waals surface area contributed by atoms with E-state index in [1.807, 2.05) is 41.5 Å². The van der Waals surface area contributed by atoms with E-state index >= 15 is 0 Å². The summed E-state index contributed by atoms with van der Waals surface area (Å²) >= 11 is 0. The Kier molecular flexibility index (Phi) is 11.0. The minimum Gasteiger partial charge on any atom is -0.458 e. The van der Waals surface area contributed by atoms with Crippen molar-refractivity contribution in [2.45, 2.75) is 216 Å². The highest BCUT2D eigenvalue weighted by Crippen LogP contribution is 2.70. The Morgan fingerprint density at radius 3 is 1.98 bits per heavy atom. The third kappa shape index (κ3) is 7.05. The number of esters is 1. The van der Waals surface area contributed by atoms with Crippen LogP contribution in [-0.4, -0.2) is 130 Å². The number of aliphatic hydroxyl groups is 4. The van der Waals surface area contributed by atoms with Gasteiger partial charge in [0.05, 0.1) is 54.4 Å². The Bertz CT molecular complexity index is 1550. The van der Waals surface area contributed by atoms with Crippen LogP contribution in [0.2, 0.25) is 0 Å². The van der Waals surface area contributed by atoms with E-state index in [0.29, 0.717) is 25.2 Å². The molecule has 0 amide bonds. The van der Waals surface area contributed by atoms with Gasteiger partial charge in [-0.05, 0) is 121 Å². The first-order valence-corrected chi connectivity index (χ1v) is 22.3. The van der Waals surface area contributed by atoms with E-state index in [2.05, 4.69) is 6.92 Å². The molecule has 0 radical (unpaired) electrons. The molecule has 58 heavy (non-hydrogen) atoms. The number of aliphatic hydroxyl groups excluding tert-OH is 3. The van der Waals surface area contributed by atoms with Crippen LogP contribution in [0.4, 0.5) is 0 Å². The van der Waals surface area contributed by atoms with Gasteiger partial charge in [0.15, 0.2) is 24.7 Å². The summed E-state index contributed by atoms with van der Waals surface area (Å²) < 4.78 is 55.2. The number of hydrogen-bond acceptors (Lipinski definition) is 14. The highest BCUT2D eigenvalue weighted by molar-refractivity contribution is 5.85. The Morgan fingerprint density at radius 2 is 1.34 bits per heavy atom. The minimum absolute atomic E-state index is 0.0306. The lowest BCUT2D eigenvalue weighted by atomic mass is 9.42. The molecule has 328 valence electrons. The summed E-state index contributed by atoms with van der Waals surface area (Å²) in [7, 11) is 0. The number of fused-ring (bicyclic) bond motifs is 6. The van der Waals surface area contributed by atoms with E-state index in [9.17, 15) is 25.2 Å². The normalized spacial score (nSPS) is 55.2. The second-order valence-electron chi connectivity index (χ2n) is 20.4. The lowest BCUT2D eigenvalue weighted by Crippen LogP contribution is -2.67. The highest BCUT2D eigenvalue weighted by Gasteiger charge is 2.71. The summed E-state index contributed by atoms with van der Waals surface area (Å²) in [6.07, 6.45) is 1.77. The third-order valence-corrected chi connectivity index (χ3v) is 16.8. The molecule has 14 heteroatoms. The van der Waals surface area contributed by atoms with Gasteiger partial charge in [0.2, 0.25) is 0 Å². The Hall–Kier alpha value is -1.27. The van der Waals surface area contributed by atoms with Crippen molar-refractivity contribution >= 4 is 5.97 Å². The summed E-state index contributed by atoms with van der Waals surface area (Å²) in [6.45, 7) is 14.1. The SMILES string of the molecule is CC1OC(OC2CCC3(C)C(CCC4C3CC(O)C3(C)C(C5=CC(=O)OC5)CCC43O)C2)CC(O)C1OC1CC(O)C(OC2CC3OC(C)(C)OC3C(C)O2)C(C)O1. The van der Waals surface area contributed by atoms with Gasteiger partial charge >= 0.3 is 5.97 Å². The molecule has 0 aromatic rings. The monoisotopic (exact) mass is 820 g/mol. The van der Waals surface area contributed by atoms with Crippen molar-refractivity contribution in [3.05, 3.63) is 11.6 Å². The fraction of sp³-hybridized carbons (Fsp3) is 0.932. The quantitative estimate of drug-likeness (QED) is 0.214. The summed E-state index contributed by atoms with van der Waals surface area (Å²) in [5, 5.41) is 47.1. The zero-order valence-electron chi connectivity index (χ0n) is 35.3. The second kappa shape index (κ2) is 15.2. The maximum absolute atomic E-state index is 12.6. The topological polar surface area (TPSA) is 181 Å². The van der Waals surface area contributed by atoms with Gasteiger partial charge in [-0.25, -0.2) is 4.79 Å². The van der Waals surface area contributed by atoms with E-state index in [4.69, 9.17) is 42.6 Å². The van der Waals surface area contributed by atoms with Crippen molar-refractivity contribution in [1.29, 1.82) is 0 Å². The zero-order valence-corrected chi connectivity index (χ0v) is 35.3. The first-order chi connectivity index (χ1) is 27.4. The van der Waals surface area contributed by atoms with Crippen LogP contribution in [0, 0.1) is 34.5 Å². The number of carbonyl (C=O) groups excluding carboxylic acids is 1. The van der Waals surface area contributed by atoms with Gasteiger partial charge in [0.1, 0.15) is 24.9 Å². The molecule has 9 aliphatic rings. The molecule has 0 aromatic heterocycles. The van der Waals surface area contributed by atoms with E-state index in [0.717, 1.165) is 44.1 Å². The summed E-state index contributed by atoms with van der Waals surface area (Å²) in [4.78, 5) is 12.0. The van der Waals surface area contributed by atoms with Crippen molar-refractivity contribution in [3.8, 4) is 0 Å². The van der Waals surface area contributed by atoms with Crippen molar-refractivity contribution in [2.75, 3.05) is 6.61 Å². The van der Waals surface area contributed by atoms with Crippen molar-refractivity contribution in [2.24, 2.45) is 34.5 Å². The minimum atomic E-state index is -1.01.